The van der Waals surface area contributed by atoms with E-state index in [0.29, 0.717) is 24.6 Å². The van der Waals surface area contributed by atoms with Gasteiger partial charge in [0.25, 0.3) is 5.91 Å². The van der Waals surface area contributed by atoms with Gasteiger partial charge in [-0.3, -0.25) is 9.78 Å². The van der Waals surface area contributed by atoms with Crippen LogP contribution in [0.1, 0.15) is 36.3 Å². The van der Waals surface area contributed by atoms with Gasteiger partial charge in [-0.1, -0.05) is 20.3 Å². The Hall–Kier alpha value is -1.42. The van der Waals surface area contributed by atoms with Crippen molar-refractivity contribution >= 4 is 5.91 Å². The third-order valence-electron chi connectivity index (χ3n) is 2.60. The monoisotopic (exact) mass is 221 g/mol. The third-order valence-corrected chi connectivity index (χ3v) is 2.60. The molecule has 0 aliphatic carbocycles. The molecule has 0 spiro atoms. The average molecular weight is 221 g/mol. The van der Waals surface area contributed by atoms with E-state index in [4.69, 9.17) is 5.73 Å². The molecule has 1 unspecified atom stereocenters. The second-order valence-electron chi connectivity index (χ2n) is 3.96. The lowest BCUT2D eigenvalue weighted by Crippen LogP contribution is -2.28. The van der Waals surface area contributed by atoms with Crippen molar-refractivity contribution in [1.29, 1.82) is 0 Å². The topological polar surface area (TPSA) is 68.0 Å². The van der Waals surface area contributed by atoms with E-state index in [-0.39, 0.29) is 5.91 Å². The van der Waals surface area contributed by atoms with Crippen LogP contribution in [0, 0.1) is 5.92 Å². The molecule has 3 N–H and O–H groups in total. The SMILES string of the molecule is CCC(C)CNC(=O)c1ccnc(CN)c1. The van der Waals surface area contributed by atoms with Gasteiger partial charge in [-0.25, -0.2) is 0 Å². The molecule has 16 heavy (non-hydrogen) atoms. The molecule has 0 bridgehead atoms. The van der Waals surface area contributed by atoms with Crippen LogP contribution in [0.25, 0.3) is 0 Å². The van der Waals surface area contributed by atoms with Crippen LogP contribution >= 0.6 is 0 Å². The quantitative estimate of drug-likeness (QED) is 0.788. The molecule has 1 aromatic rings. The van der Waals surface area contributed by atoms with Gasteiger partial charge < -0.3 is 11.1 Å². The van der Waals surface area contributed by atoms with Crippen LogP contribution in [-0.2, 0) is 6.54 Å². The number of carbonyl (C=O) groups is 1. The molecule has 0 fully saturated rings. The number of rotatable bonds is 5. The molecular formula is C12H19N3O. The fourth-order valence-electron chi connectivity index (χ4n) is 1.24. The molecule has 0 aliphatic heterocycles. The molecule has 0 saturated heterocycles. The molecule has 1 atom stereocenters. The predicted molar refractivity (Wildman–Crippen MR) is 63.9 cm³/mol. The van der Waals surface area contributed by atoms with Crippen molar-refractivity contribution in [3.63, 3.8) is 0 Å². The number of nitrogens with zero attached hydrogens (tertiary/aromatic N) is 1. The smallest absolute Gasteiger partial charge is 0.251 e. The van der Waals surface area contributed by atoms with Crippen molar-refractivity contribution in [3.8, 4) is 0 Å². The largest absolute Gasteiger partial charge is 0.352 e. The van der Waals surface area contributed by atoms with Gasteiger partial charge in [0.15, 0.2) is 0 Å². The second-order valence-corrected chi connectivity index (χ2v) is 3.96. The summed E-state index contributed by atoms with van der Waals surface area (Å²) in [7, 11) is 0. The maximum absolute atomic E-state index is 11.8. The summed E-state index contributed by atoms with van der Waals surface area (Å²) in [6.07, 6.45) is 2.67. The van der Waals surface area contributed by atoms with Gasteiger partial charge in [-0.2, -0.15) is 0 Å². The lowest BCUT2D eigenvalue weighted by Gasteiger charge is -2.10. The zero-order valence-electron chi connectivity index (χ0n) is 9.86. The maximum Gasteiger partial charge on any atom is 0.251 e. The van der Waals surface area contributed by atoms with Gasteiger partial charge in [0, 0.05) is 24.8 Å². The van der Waals surface area contributed by atoms with Gasteiger partial charge in [0.2, 0.25) is 0 Å². The number of nitrogens with two attached hydrogens (primary N) is 1. The highest BCUT2D eigenvalue weighted by Gasteiger charge is 2.07. The Labute approximate surface area is 96.3 Å². The Bertz CT molecular complexity index is 352. The molecule has 1 rings (SSSR count). The van der Waals surface area contributed by atoms with E-state index in [1.165, 1.54) is 0 Å². The Balaban J connectivity index is 2.58. The van der Waals surface area contributed by atoms with E-state index in [1.54, 1.807) is 18.3 Å². The summed E-state index contributed by atoms with van der Waals surface area (Å²) in [5.74, 6) is 0.442. The first-order valence-corrected chi connectivity index (χ1v) is 5.60. The van der Waals surface area contributed by atoms with Gasteiger partial charge in [0.05, 0.1) is 5.69 Å². The van der Waals surface area contributed by atoms with Crippen LogP contribution in [0.15, 0.2) is 18.3 Å². The number of nitrogens with one attached hydrogen (secondary N) is 1. The Kier molecular flexibility index (Phi) is 4.92. The van der Waals surface area contributed by atoms with Crippen LogP contribution in [0.4, 0.5) is 0 Å². The zero-order valence-corrected chi connectivity index (χ0v) is 9.86. The number of pyridine rings is 1. The molecule has 0 saturated carbocycles. The average Bonchev–Trinajstić information content (AvgIpc) is 2.35. The molecule has 88 valence electrons. The summed E-state index contributed by atoms with van der Waals surface area (Å²) < 4.78 is 0. The minimum Gasteiger partial charge on any atom is -0.352 e. The van der Waals surface area contributed by atoms with Crippen molar-refractivity contribution in [1.82, 2.24) is 10.3 Å². The summed E-state index contributed by atoms with van der Waals surface area (Å²) >= 11 is 0. The zero-order chi connectivity index (χ0) is 12.0. The Morgan fingerprint density at radius 3 is 3.00 bits per heavy atom. The van der Waals surface area contributed by atoms with E-state index >= 15 is 0 Å². The van der Waals surface area contributed by atoms with Gasteiger partial charge in [-0.05, 0) is 18.1 Å². The highest BCUT2D eigenvalue weighted by atomic mass is 16.1. The first-order chi connectivity index (χ1) is 7.67. The minimum atomic E-state index is -0.0580. The minimum absolute atomic E-state index is 0.0580. The van der Waals surface area contributed by atoms with Crippen LogP contribution in [-0.4, -0.2) is 17.4 Å². The fraction of sp³-hybridized carbons (Fsp3) is 0.500. The lowest BCUT2D eigenvalue weighted by molar-refractivity contribution is 0.0947. The molecule has 4 nitrogen and oxygen atoms in total. The van der Waals surface area contributed by atoms with Crippen molar-refractivity contribution in [2.24, 2.45) is 11.7 Å². The number of carbonyl (C=O) groups excluding carboxylic acids is 1. The van der Waals surface area contributed by atoms with Gasteiger partial charge in [0.1, 0.15) is 0 Å². The highest BCUT2D eigenvalue weighted by molar-refractivity contribution is 5.94. The van der Waals surface area contributed by atoms with Crippen LogP contribution in [0.5, 0.6) is 0 Å². The van der Waals surface area contributed by atoms with Crippen LogP contribution in [0.2, 0.25) is 0 Å². The van der Waals surface area contributed by atoms with E-state index in [0.717, 1.165) is 12.1 Å². The van der Waals surface area contributed by atoms with Crippen molar-refractivity contribution in [2.75, 3.05) is 6.54 Å². The predicted octanol–water partition coefficient (Wildman–Crippen LogP) is 1.32. The van der Waals surface area contributed by atoms with Crippen molar-refractivity contribution in [2.45, 2.75) is 26.8 Å². The molecule has 0 aromatic carbocycles. The first-order valence-electron chi connectivity index (χ1n) is 5.60. The molecular weight excluding hydrogens is 202 g/mol. The lowest BCUT2D eigenvalue weighted by atomic mass is 10.1. The van der Waals surface area contributed by atoms with Gasteiger partial charge >= 0.3 is 0 Å². The van der Waals surface area contributed by atoms with Crippen LogP contribution in [0.3, 0.4) is 0 Å². The first kappa shape index (κ1) is 12.6. The third kappa shape index (κ3) is 3.62. The number of hydrogen-bond acceptors (Lipinski definition) is 3. The van der Waals surface area contributed by atoms with Crippen molar-refractivity contribution < 1.29 is 4.79 Å². The molecule has 0 radical (unpaired) electrons. The van der Waals surface area contributed by atoms with E-state index in [9.17, 15) is 4.79 Å². The standard InChI is InChI=1S/C12H19N3O/c1-3-9(2)8-15-12(16)10-4-5-14-11(6-10)7-13/h4-6,9H,3,7-8,13H2,1-2H3,(H,15,16). The highest BCUT2D eigenvalue weighted by Crippen LogP contribution is 2.03. The molecule has 1 heterocycles. The Morgan fingerprint density at radius 1 is 1.62 bits per heavy atom. The number of aromatic nitrogens is 1. The summed E-state index contributed by atoms with van der Waals surface area (Å²) in [6.45, 7) is 5.27. The van der Waals surface area contributed by atoms with Crippen molar-refractivity contribution in [3.05, 3.63) is 29.6 Å². The number of hydrogen-bond donors (Lipinski definition) is 2. The normalized spacial score (nSPS) is 12.2. The maximum atomic E-state index is 11.8. The molecule has 1 amide bonds. The van der Waals surface area contributed by atoms with E-state index < -0.39 is 0 Å². The molecule has 4 heteroatoms. The number of amides is 1. The second kappa shape index (κ2) is 6.23. The summed E-state index contributed by atoms with van der Waals surface area (Å²) in [5, 5.41) is 2.89. The molecule has 0 aliphatic rings. The molecule has 1 aromatic heterocycles. The van der Waals surface area contributed by atoms with Gasteiger partial charge in [-0.15, -0.1) is 0 Å². The fourth-order valence-corrected chi connectivity index (χ4v) is 1.24. The summed E-state index contributed by atoms with van der Waals surface area (Å²) in [6, 6.07) is 3.43. The summed E-state index contributed by atoms with van der Waals surface area (Å²) in [4.78, 5) is 15.8. The Morgan fingerprint density at radius 2 is 2.38 bits per heavy atom. The van der Waals surface area contributed by atoms with E-state index in [1.807, 2.05) is 0 Å². The summed E-state index contributed by atoms with van der Waals surface area (Å²) in [5.41, 5.74) is 6.82. The van der Waals surface area contributed by atoms with E-state index in [2.05, 4.69) is 24.1 Å². The van der Waals surface area contributed by atoms with Crippen LogP contribution < -0.4 is 11.1 Å².